The van der Waals surface area contributed by atoms with Crippen LogP contribution >= 0.6 is 0 Å². The zero-order chi connectivity index (χ0) is 12.3. The predicted octanol–water partition coefficient (Wildman–Crippen LogP) is 1.45. The van der Waals surface area contributed by atoms with Crippen molar-refractivity contribution in [1.82, 2.24) is 9.88 Å². The molecule has 2 rings (SSSR count). The Balaban J connectivity index is 2.12. The van der Waals surface area contributed by atoms with E-state index in [1.165, 1.54) is 0 Å². The smallest absolute Gasteiger partial charge is 0.131 e. The van der Waals surface area contributed by atoms with Gasteiger partial charge in [-0.3, -0.25) is 0 Å². The molecule has 1 aromatic heterocycles. The van der Waals surface area contributed by atoms with Crippen molar-refractivity contribution in [3.8, 4) is 0 Å². The third-order valence-electron chi connectivity index (χ3n) is 3.21. The molecule has 1 saturated heterocycles. The number of piperazine rings is 1. The van der Waals surface area contributed by atoms with Crippen LogP contribution in [0.4, 0.5) is 11.5 Å². The monoisotopic (exact) mass is 232 g/mol. The topological polar surface area (TPSA) is 45.4 Å². The lowest BCUT2D eigenvalue weighted by molar-refractivity contribution is 0.270. The van der Waals surface area contributed by atoms with Crippen LogP contribution in [0.5, 0.6) is 0 Å². The molecule has 0 aromatic carbocycles. The fourth-order valence-corrected chi connectivity index (χ4v) is 2.12. The molecule has 1 aromatic rings. The van der Waals surface area contributed by atoms with Gasteiger partial charge in [-0.25, -0.2) is 4.98 Å². The maximum absolute atomic E-state index is 5.87. The molecule has 17 heavy (non-hydrogen) atoms. The molecule has 0 unspecified atom stereocenters. The lowest BCUT2D eigenvalue weighted by atomic mass is 10.2. The van der Waals surface area contributed by atoms with Crippen LogP contribution in [0.1, 0.15) is 12.6 Å². The Hall–Kier alpha value is -1.55. The number of nitrogens with zero attached hydrogens (tertiary/aromatic N) is 3. The minimum absolute atomic E-state index is 0.753. The van der Waals surface area contributed by atoms with Gasteiger partial charge in [-0.2, -0.15) is 0 Å². The molecule has 1 aliphatic heterocycles. The van der Waals surface area contributed by atoms with Crippen molar-refractivity contribution in [2.45, 2.75) is 6.92 Å². The lowest BCUT2D eigenvalue weighted by Crippen LogP contribution is -2.46. The molecule has 0 aliphatic carbocycles. The van der Waals surface area contributed by atoms with Gasteiger partial charge in [0.05, 0.1) is 5.69 Å². The van der Waals surface area contributed by atoms with E-state index in [0.29, 0.717) is 0 Å². The zero-order valence-electron chi connectivity index (χ0n) is 10.4. The van der Waals surface area contributed by atoms with Crippen molar-refractivity contribution < 1.29 is 0 Å². The molecule has 0 spiro atoms. The highest BCUT2D eigenvalue weighted by atomic mass is 15.3. The van der Waals surface area contributed by atoms with E-state index in [1.54, 1.807) is 6.08 Å². The lowest BCUT2D eigenvalue weighted by Gasteiger charge is -2.34. The zero-order valence-corrected chi connectivity index (χ0v) is 10.4. The first kappa shape index (κ1) is 11.9. The maximum atomic E-state index is 5.87. The van der Waals surface area contributed by atoms with E-state index < -0.39 is 0 Å². The van der Waals surface area contributed by atoms with Gasteiger partial charge in [-0.1, -0.05) is 13.5 Å². The summed E-state index contributed by atoms with van der Waals surface area (Å²) >= 11 is 0. The molecular formula is C13H20N4. The second-order valence-electron chi connectivity index (χ2n) is 4.31. The van der Waals surface area contributed by atoms with Crippen LogP contribution in [0.15, 0.2) is 18.7 Å². The molecule has 4 heteroatoms. The van der Waals surface area contributed by atoms with Crippen molar-refractivity contribution in [3.63, 3.8) is 0 Å². The Labute approximate surface area is 103 Å². The van der Waals surface area contributed by atoms with E-state index in [4.69, 9.17) is 5.73 Å². The number of pyridine rings is 1. The first-order valence-corrected chi connectivity index (χ1v) is 6.10. The highest BCUT2D eigenvalue weighted by molar-refractivity contribution is 5.58. The Morgan fingerprint density at radius 3 is 2.65 bits per heavy atom. The highest BCUT2D eigenvalue weighted by Crippen LogP contribution is 2.18. The molecular weight excluding hydrogens is 212 g/mol. The summed E-state index contributed by atoms with van der Waals surface area (Å²) in [6, 6.07) is 3.79. The fourth-order valence-electron chi connectivity index (χ4n) is 2.12. The molecule has 92 valence electrons. The number of likely N-dealkylation sites (N-methyl/N-ethyl adjacent to an activating group) is 1. The highest BCUT2D eigenvalue weighted by Gasteiger charge is 2.17. The van der Waals surface area contributed by atoms with Crippen LogP contribution < -0.4 is 10.6 Å². The van der Waals surface area contributed by atoms with E-state index >= 15 is 0 Å². The molecule has 0 atom stereocenters. The number of hydrogen-bond donors (Lipinski definition) is 1. The van der Waals surface area contributed by atoms with Crippen LogP contribution in [0.3, 0.4) is 0 Å². The van der Waals surface area contributed by atoms with E-state index in [9.17, 15) is 0 Å². The summed E-state index contributed by atoms with van der Waals surface area (Å²) in [4.78, 5) is 9.26. The van der Waals surface area contributed by atoms with Crippen molar-refractivity contribution in [2.75, 3.05) is 43.4 Å². The first-order chi connectivity index (χ1) is 8.22. The van der Waals surface area contributed by atoms with Gasteiger partial charge in [0.15, 0.2) is 0 Å². The Bertz CT molecular complexity index is 394. The molecule has 4 nitrogen and oxygen atoms in total. The number of nitrogens with two attached hydrogens (primary N) is 1. The summed E-state index contributed by atoms with van der Waals surface area (Å²) in [7, 11) is 0. The van der Waals surface area contributed by atoms with E-state index in [-0.39, 0.29) is 0 Å². The van der Waals surface area contributed by atoms with Crippen LogP contribution in [-0.2, 0) is 0 Å². The molecule has 1 aliphatic rings. The summed E-state index contributed by atoms with van der Waals surface area (Å²) in [5, 5.41) is 0. The van der Waals surface area contributed by atoms with Gasteiger partial charge in [0.25, 0.3) is 0 Å². The Morgan fingerprint density at radius 2 is 2.06 bits per heavy atom. The molecule has 0 amide bonds. The van der Waals surface area contributed by atoms with Crippen LogP contribution in [0.25, 0.3) is 6.08 Å². The second-order valence-corrected chi connectivity index (χ2v) is 4.31. The number of anilines is 2. The van der Waals surface area contributed by atoms with E-state index in [1.807, 2.05) is 12.1 Å². The molecule has 0 saturated carbocycles. The van der Waals surface area contributed by atoms with Gasteiger partial charge in [0.2, 0.25) is 0 Å². The molecule has 1 fully saturated rings. The molecule has 0 radical (unpaired) electrons. The number of rotatable bonds is 3. The summed E-state index contributed by atoms with van der Waals surface area (Å²) in [5.74, 6) is 0.968. The third kappa shape index (κ3) is 2.77. The van der Waals surface area contributed by atoms with Crippen molar-refractivity contribution in [3.05, 3.63) is 24.4 Å². The van der Waals surface area contributed by atoms with Gasteiger partial charge < -0.3 is 15.5 Å². The molecule has 2 N–H and O–H groups in total. The summed E-state index contributed by atoms with van der Waals surface area (Å²) in [5.41, 5.74) is 7.47. The fraction of sp³-hybridized carbons (Fsp3) is 0.462. The van der Waals surface area contributed by atoms with E-state index in [0.717, 1.165) is 49.9 Å². The standard InChI is InChI=1S/C13H20N4/c1-3-12-9-11(14)10-13(15-12)17-7-5-16(4-2)6-8-17/h3,9-10H,1,4-8H2,2H3,(H2,14,15). The predicted molar refractivity (Wildman–Crippen MR) is 73.1 cm³/mol. The molecule has 2 heterocycles. The quantitative estimate of drug-likeness (QED) is 0.856. The second kappa shape index (κ2) is 5.19. The van der Waals surface area contributed by atoms with Gasteiger partial charge in [0.1, 0.15) is 5.82 Å². The summed E-state index contributed by atoms with van der Waals surface area (Å²) in [6.45, 7) is 11.3. The largest absolute Gasteiger partial charge is 0.399 e. The number of hydrogen-bond acceptors (Lipinski definition) is 4. The van der Waals surface area contributed by atoms with Gasteiger partial charge in [-0.05, 0) is 18.7 Å². The van der Waals surface area contributed by atoms with Gasteiger partial charge in [0, 0.05) is 37.9 Å². The van der Waals surface area contributed by atoms with Crippen LogP contribution in [-0.4, -0.2) is 42.6 Å². The minimum Gasteiger partial charge on any atom is -0.399 e. The maximum Gasteiger partial charge on any atom is 0.131 e. The van der Waals surface area contributed by atoms with Crippen molar-refractivity contribution in [2.24, 2.45) is 0 Å². The normalized spacial score (nSPS) is 17.1. The third-order valence-corrected chi connectivity index (χ3v) is 3.21. The Kier molecular flexibility index (Phi) is 3.64. The summed E-state index contributed by atoms with van der Waals surface area (Å²) < 4.78 is 0. The number of aromatic nitrogens is 1. The average Bonchev–Trinajstić information content (AvgIpc) is 2.38. The van der Waals surface area contributed by atoms with Crippen molar-refractivity contribution in [1.29, 1.82) is 0 Å². The summed E-state index contributed by atoms with van der Waals surface area (Å²) in [6.07, 6.45) is 1.74. The average molecular weight is 232 g/mol. The SMILES string of the molecule is C=Cc1cc(N)cc(N2CCN(CC)CC2)n1. The van der Waals surface area contributed by atoms with E-state index in [2.05, 4.69) is 28.3 Å². The van der Waals surface area contributed by atoms with Crippen molar-refractivity contribution >= 4 is 17.6 Å². The first-order valence-electron chi connectivity index (χ1n) is 6.10. The Morgan fingerprint density at radius 1 is 1.35 bits per heavy atom. The van der Waals surface area contributed by atoms with Crippen LogP contribution in [0, 0.1) is 0 Å². The molecule has 0 bridgehead atoms. The van der Waals surface area contributed by atoms with Gasteiger partial charge in [-0.15, -0.1) is 0 Å². The van der Waals surface area contributed by atoms with Gasteiger partial charge >= 0.3 is 0 Å². The van der Waals surface area contributed by atoms with Crippen LogP contribution in [0.2, 0.25) is 0 Å². The number of nitrogen functional groups attached to an aromatic ring is 1. The minimum atomic E-state index is 0.753.